The third kappa shape index (κ3) is 4.44. The largest absolute Gasteiger partial charge is 0.383 e. The molecule has 1 fully saturated rings. The molecule has 1 aliphatic carbocycles. The normalized spacial score (nSPS) is 29.4. The Morgan fingerprint density at radius 1 is 1.30 bits per heavy atom. The highest BCUT2D eigenvalue weighted by atomic mass is 16.5. The van der Waals surface area contributed by atoms with Crippen LogP contribution in [0.2, 0.25) is 0 Å². The van der Waals surface area contributed by atoms with Crippen molar-refractivity contribution in [2.75, 3.05) is 26.8 Å². The molecule has 0 bridgehead atoms. The van der Waals surface area contributed by atoms with E-state index in [0.717, 1.165) is 25.6 Å². The summed E-state index contributed by atoms with van der Waals surface area (Å²) in [5.41, 5.74) is 6.48. The second kappa shape index (κ2) is 9.01. The van der Waals surface area contributed by atoms with E-state index in [2.05, 4.69) is 25.7 Å². The molecule has 0 heterocycles. The van der Waals surface area contributed by atoms with E-state index in [1.807, 2.05) is 0 Å². The first-order valence-corrected chi connectivity index (χ1v) is 8.59. The lowest BCUT2D eigenvalue weighted by Crippen LogP contribution is -2.57. The minimum absolute atomic E-state index is 0.206. The molecule has 3 nitrogen and oxygen atoms in total. The Morgan fingerprint density at radius 3 is 2.60 bits per heavy atom. The second-order valence-electron chi connectivity index (χ2n) is 6.58. The zero-order valence-electron chi connectivity index (χ0n) is 14.2. The molecule has 0 saturated heterocycles. The van der Waals surface area contributed by atoms with Crippen LogP contribution in [0.5, 0.6) is 0 Å². The van der Waals surface area contributed by atoms with Crippen LogP contribution in [0.4, 0.5) is 0 Å². The number of methoxy groups -OCH3 is 1. The fourth-order valence-corrected chi connectivity index (χ4v) is 3.81. The summed E-state index contributed by atoms with van der Waals surface area (Å²) in [5, 5.41) is 0. The van der Waals surface area contributed by atoms with E-state index in [9.17, 15) is 0 Å². The highest BCUT2D eigenvalue weighted by molar-refractivity contribution is 4.96. The second-order valence-corrected chi connectivity index (χ2v) is 6.58. The van der Waals surface area contributed by atoms with Crippen molar-refractivity contribution >= 4 is 0 Å². The summed E-state index contributed by atoms with van der Waals surface area (Å²) in [6.45, 7) is 9.56. The quantitative estimate of drug-likeness (QED) is 0.694. The Balaban J connectivity index is 2.85. The third-order valence-electron chi connectivity index (χ3n) is 5.50. The molecular formula is C17H36N2O. The van der Waals surface area contributed by atoms with Gasteiger partial charge in [-0.2, -0.15) is 0 Å². The van der Waals surface area contributed by atoms with Gasteiger partial charge in [-0.1, -0.05) is 33.1 Å². The number of hydrogen-bond donors (Lipinski definition) is 1. The van der Waals surface area contributed by atoms with Gasteiger partial charge < -0.3 is 10.5 Å². The Labute approximate surface area is 126 Å². The molecule has 1 rings (SSSR count). The fraction of sp³-hybridized carbons (Fsp3) is 1.00. The minimum Gasteiger partial charge on any atom is -0.383 e. The van der Waals surface area contributed by atoms with E-state index < -0.39 is 0 Å². The van der Waals surface area contributed by atoms with Crippen LogP contribution in [0.3, 0.4) is 0 Å². The van der Waals surface area contributed by atoms with Gasteiger partial charge in [0.15, 0.2) is 0 Å². The standard InChI is InChI=1S/C17H36N2O/c1-5-15(3)19(12-13-20-4)17(14-18)10-7-8-16(6-2)9-11-17/h15-16H,5-14,18H2,1-4H3. The summed E-state index contributed by atoms with van der Waals surface area (Å²) in [5.74, 6) is 0.907. The predicted octanol–water partition coefficient (Wildman–Crippen LogP) is 3.42. The van der Waals surface area contributed by atoms with Crippen LogP contribution in [0.25, 0.3) is 0 Å². The maximum absolute atomic E-state index is 6.28. The number of ether oxygens (including phenoxy) is 1. The van der Waals surface area contributed by atoms with E-state index in [1.165, 1.54) is 44.9 Å². The van der Waals surface area contributed by atoms with Crippen molar-refractivity contribution in [2.24, 2.45) is 11.7 Å². The van der Waals surface area contributed by atoms with E-state index in [0.29, 0.717) is 6.04 Å². The molecule has 1 aliphatic rings. The third-order valence-corrected chi connectivity index (χ3v) is 5.50. The van der Waals surface area contributed by atoms with Gasteiger partial charge in [0.05, 0.1) is 6.61 Å². The van der Waals surface area contributed by atoms with Gasteiger partial charge in [0.25, 0.3) is 0 Å². The van der Waals surface area contributed by atoms with E-state index in [4.69, 9.17) is 10.5 Å². The maximum Gasteiger partial charge on any atom is 0.0590 e. The molecule has 0 aromatic rings. The molecule has 120 valence electrons. The molecule has 20 heavy (non-hydrogen) atoms. The molecule has 1 saturated carbocycles. The van der Waals surface area contributed by atoms with Crippen molar-refractivity contribution in [2.45, 2.75) is 77.3 Å². The average molecular weight is 284 g/mol. The molecule has 0 aromatic heterocycles. The van der Waals surface area contributed by atoms with Gasteiger partial charge in [-0.15, -0.1) is 0 Å². The summed E-state index contributed by atoms with van der Waals surface area (Å²) in [7, 11) is 1.80. The number of rotatable bonds is 8. The summed E-state index contributed by atoms with van der Waals surface area (Å²) >= 11 is 0. The van der Waals surface area contributed by atoms with Crippen LogP contribution in [0.1, 0.15) is 65.7 Å². The molecule has 3 atom stereocenters. The first-order chi connectivity index (χ1) is 9.63. The zero-order valence-corrected chi connectivity index (χ0v) is 14.2. The highest BCUT2D eigenvalue weighted by Gasteiger charge is 2.38. The average Bonchev–Trinajstić information content (AvgIpc) is 2.70. The van der Waals surface area contributed by atoms with Gasteiger partial charge in [-0.25, -0.2) is 0 Å². The van der Waals surface area contributed by atoms with Crippen LogP contribution in [-0.4, -0.2) is 43.3 Å². The van der Waals surface area contributed by atoms with Gasteiger partial charge in [-0.3, -0.25) is 4.90 Å². The lowest BCUT2D eigenvalue weighted by Gasteiger charge is -2.46. The topological polar surface area (TPSA) is 38.5 Å². The molecule has 0 aliphatic heterocycles. The van der Waals surface area contributed by atoms with E-state index >= 15 is 0 Å². The maximum atomic E-state index is 6.28. The van der Waals surface area contributed by atoms with E-state index in [-0.39, 0.29) is 5.54 Å². The zero-order chi connectivity index (χ0) is 15.0. The Bertz CT molecular complexity index is 259. The molecule has 0 amide bonds. The van der Waals surface area contributed by atoms with Crippen molar-refractivity contribution in [3.63, 3.8) is 0 Å². The smallest absolute Gasteiger partial charge is 0.0590 e. The number of nitrogens with two attached hydrogens (primary N) is 1. The van der Waals surface area contributed by atoms with Crippen molar-refractivity contribution in [1.82, 2.24) is 4.90 Å². The van der Waals surface area contributed by atoms with Gasteiger partial charge in [0.2, 0.25) is 0 Å². The Kier molecular flexibility index (Phi) is 8.08. The summed E-state index contributed by atoms with van der Waals surface area (Å²) in [4.78, 5) is 2.66. The van der Waals surface area contributed by atoms with Crippen molar-refractivity contribution in [3.05, 3.63) is 0 Å². The van der Waals surface area contributed by atoms with Crippen LogP contribution < -0.4 is 5.73 Å². The van der Waals surface area contributed by atoms with Gasteiger partial charge in [0, 0.05) is 31.8 Å². The minimum atomic E-state index is 0.206. The number of hydrogen-bond acceptors (Lipinski definition) is 3. The van der Waals surface area contributed by atoms with E-state index in [1.54, 1.807) is 7.11 Å². The van der Waals surface area contributed by atoms with Crippen LogP contribution in [-0.2, 0) is 4.74 Å². The lowest BCUT2D eigenvalue weighted by molar-refractivity contribution is 0.0164. The van der Waals surface area contributed by atoms with Crippen LogP contribution in [0, 0.1) is 5.92 Å². The van der Waals surface area contributed by atoms with Gasteiger partial charge >= 0.3 is 0 Å². The first-order valence-electron chi connectivity index (χ1n) is 8.59. The summed E-state index contributed by atoms with van der Waals surface area (Å²) < 4.78 is 5.34. The molecule has 0 spiro atoms. The van der Waals surface area contributed by atoms with Crippen molar-refractivity contribution in [1.29, 1.82) is 0 Å². The molecule has 3 heteroatoms. The van der Waals surface area contributed by atoms with Crippen LogP contribution >= 0.6 is 0 Å². The summed E-state index contributed by atoms with van der Waals surface area (Å²) in [6.07, 6.45) is 9.08. The Morgan fingerprint density at radius 2 is 2.05 bits per heavy atom. The molecule has 2 N–H and O–H groups in total. The molecule has 3 unspecified atom stereocenters. The monoisotopic (exact) mass is 284 g/mol. The lowest BCUT2D eigenvalue weighted by atomic mass is 9.85. The first kappa shape index (κ1) is 17.9. The predicted molar refractivity (Wildman–Crippen MR) is 87.0 cm³/mol. The highest BCUT2D eigenvalue weighted by Crippen LogP contribution is 2.36. The molecule has 0 radical (unpaired) electrons. The molecular weight excluding hydrogens is 248 g/mol. The van der Waals surface area contributed by atoms with Gasteiger partial charge in [-0.05, 0) is 38.5 Å². The molecule has 0 aromatic carbocycles. The van der Waals surface area contributed by atoms with Crippen molar-refractivity contribution < 1.29 is 4.74 Å². The SMILES string of the molecule is CCC1CCCC(CN)(N(CCOC)C(C)CC)CC1. The fourth-order valence-electron chi connectivity index (χ4n) is 3.81. The van der Waals surface area contributed by atoms with Crippen molar-refractivity contribution in [3.8, 4) is 0 Å². The van der Waals surface area contributed by atoms with Crippen LogP contribution in [0.15, 0.2) is 0 Å². The summed E-state index contributed by atoms with van der Waals surface area (Å²) in [6, 6.07) is 0.590. The number of nitrogens with zero attached hydrogens (tertiary/aromatic N) is 1. The van der Waals surface area contributed by atoms with Gasteiger partial charge in [0.1, 0.15) is 0 Å². The Hall–Kier alpha value is -0.120.